The Hall–Kier alpha value is -2.28. The smallest absolute Gasteiger partial charge is 0.303 e. The molecule has 0 aromatic rings. The molecule has 0 atom stereocenters. The van der Waals surface area contributed by atoms with Crippen molar-refractivity contribution in [3.63, 3.8) is 0 Å². The normalized spacial score (nSPS) is 9.96. The van der Waals surface area contributed by atoms with E-state index in [0.29, 0.717) is 52.1 Å². The average molecular weight is 783 g/mol. The standard InChI is InChI=1S/2C10H20O2.2C8H16O2.C6H14O4/c2*1-2-3-4-5-6-7-8-9-10(11)12;2*1-2-3-4-5-6-7-8(9)10;7-1-3-9-5-6-10-4-2-8/h2*2-9H2,1H3,(H,11,12);2*2-7H2,1H3,(H,9,10);7-8H,1-6H2. The number of ether oxygens (including phenoxy) is 2. The summed E-state index contributed by atoms with van der Waals surface area (Å²) < 4.78 is 9.75. The lowest BCUT2D eigenvalue weighted by molar-refractivity contribution is -0.138. The lowest BCUT2D eigenvalue weighted by Gasteiger charge is -2.01. The van der Waals surface area contributed by atoms with E-state index in [2.05, 4.69) is 27.7 Å². The maximum atomic E-state index is 10.1. The molecule has 0 spiro atoms. The van der Waals surface area contributed by atoms with Gasteiger partial charge in [-0.3, -0.25) is 19.2 Å². The van der Waals surface area contributed by atoms with Gasteiger partial charge in [0.25, 0.3) is 0 Å². The van der Waals surface area contributed by atoms with E-state index >= 15 is 0 Å². The number of carboxylic acids is 4. The maximum Gasteiger partial charge on any atom is 0.303 e. The van der Waals surface area contributed by atoms with E-state index in [9.17, 15) is 19.2 Å². The summed E-state index contributed by atoms with van der Waals surface area (Å²) in [6.07, 6.45) is 29.1. The van der Waals surface area contributed by atoms with Gasteiger partial charge in [0.05, 0.1) is 39.6 Å². The van der Waals surface area contributed by atoms with Gasteiger partial charge in [0, 0.05) is 25.7 Å². The first-order valence-electron chi connectivity index (χ1n) is 21.2. The van der Waals surface area contributed by atoms with Crippen molar-refractivity contribution < 1.29 is 59.3 Å². The lowest BCUT2D eigenvalue weighted by atomic mass is 10.1. The van der Waals surface area contributed by atoms with Gasteiger partial charge in [-0.05, 0) is 25.7 Å². The summed E-state index contributed by atoms with van der Waals surface area (Å²) >= 11 is 0. The molecule has 0 aliphatic carbocycles. The molecule has 12 heteroatoms. The Morgan fingerprint density at radius 2 is 0.500 bits per heavy atom. The highest BCUT2D eigenvalue weighted by molar-refractivity contribution is 5.67. The molecule has 0 aromatic heterocycles. The van der Waals surface area contributed by atoms with Gasteiger partial charge >= 0.3 is 23.9 Å². The van der Waals surface area contributed by atoms with E-state index in [1.54, 1.807) is 0 Å². The van der Waals surface area contributed by atoms with Gasteiger partial charge in [-0.15, -0.1) is 0 Å². The summed E-state index contributed by atoms with van der Waals surface area (Å²) in [6.45, 7) is 10.4. The molecule has 0 aliphatic rings. The van der Waals surface area contributed by atoms with Crippen LogP contribution in [0.25, 0.3) is 0 Å². The number of hydrogen-bond donors (Lipinski definition) is 6. The number of aliphatic hydroxyl groups excluding tert-OH is 2. The molecule has 0 bridgehead atoms. The van der Waals surface area contributed by atoms with E-state index in [1.807, 2.05) is 0 Å². The quantitative estimate of drug-likeness (QED) is 0.0332. The third-order valence-corrected chi connectivity index (χ3v) is 7.82. The summed E-state index contributed by atoms with van der Waals surface area (Å²) in [7, 11) is 0. The first-order chi connectivity index (χ1) is 26.0. The van der Waals surface area contributed by atoms with E-state index in [1.165, 1.54) is 103 Å². The first kappa shape index (κ1) is 61.0. The largest absolute Gasteiger partial charge is 0.481 e. The van der Waals surface area contributed by atoms with Gasteiger partial charge in [0.2, 0.25) is 0 Å². The number of rotatable bonds is 35. The predicted molar refractivity (Wildman–Crippen MR) is 218 cm³/mol. The zero-order valence-corrected chi connectivity index (χ0v) is 35.2. The molecule has 6 N–H and O–H groups in total. The number of carboxylic acid groups (broad SMARTS) is 4. The Bertz CT molecular complexity index is 674. The zero-order chi connectivity index (χ0) is 41.8. The highest BCUT2D eigenvalue weighted by Crippen LogP contribution is 2.09. The SMILES string of the molecule is CCCCCCCC(=O)O.CCCCCCCC(=O)O.CCCCCCCCCC(=O)O.CCCCCCCCCC(=O)O.OCCOCCOCCO. The zero-order valence-electron chi connectivity index (χ0n) is 35.2. The second-order valence-corrected chi connectivity index (χ2v) is 13.3. The highest BCUT2D eigenvalue weighted by atomic mass is 16.5. The number of aliphatic carboxylic acids is 4. The number of carbonyl (C=O) groups is 4. The summed E-state index contributed by atoms with van der Waals surface area (Å²) in [5.74, 6) is -2.67. The summed E-state index contributed by atoms with van der Waals surface area (Å²) in [4.78, 5) is 40.3. The second kappa shape index (κ2) is 60.0. The third-order valence-electron chi connectivity index (χ3n) is 7.82. The Balaban J connectivity index is -0.000000186. The highest BCUT2D eigenvalue weighted by Gasteiger charge is 1.98. The molecule has 0 aliphatic heterocycles. The fourth-order valence-electron chi connectivity index (χ4n) is 4.68. The first-order valence-corrected chi connectivity index (χ1v) is 21.2. The van der Waals surface area contributed by atoms with E-state index < -0.39 is 23.9 Å². The molecule has 0 saturated heterocycles. The predicted octanol–water partition coefficient (Wildman–Crippen LogP) is 10.3. The molecule has 0 radical (unpaired) electrons. The van der Waals surface area contributed by atoms with E-state index in [4.69, 9.17) is 40.1 Å². The van der Waals surface area contributed by atoms with Crippen LogP contribution in [0.1, 0.15) is 207 Å². The monoisotopic (exact) mass is 783 g/mol. The topological polar surface area (TPSA) is 208 Å². The summed E-state index contributed by atoms with van der Waals surface area (Å²) in [6, 6.07) is 0. The van der Waals surface area contributed by atoms with Crippen molar-refractivity contribution in [3.8, 4) is 0 Å². The van der Waals surface area contributed by atoms with Crippen molar-refractivity contribution in [1.82, 2.24) is 0 Å². The lowest BCUT2D eigenvalue weighted by Crippen LogP contribution is -2.09. The van der Waals surface area contributed by atoms with Crippen LogP contribution < -0.4 is 0 Å². The second-order valence-electron chi connectivity index (χ2n) is 13.3. The number of aliphatic hydroxyl groups is 2. The van der Waals surface area contributed by atoms with Crippen molar-refractivity contribution in [3.05, 3.63) is 0 Å². The van der Waals surface area contributed by atoms with Gasteiger partial charge in [0.1, 0.15) is 0 Å². The molecule has 0 saturated carbocycles. The molecule has 0 unspecified atom stereocenters. The number of hydrogen-bond acceptors (Lipinski definition) is 8. The Morgan fingerprint density at radius 1 is 0.315 bits per heavy atom. The minimum atomic E-state index is -0.670. The molecule has 326 valence electrons. The van der Waals surface area contributed by atoms with Crippen LogP contribution in [0.4, 0.5) is 0 Å². The molecule has 0 heterocycles. The van der Waals surface area contributed by atoms with Crippen molar-refractivity contribution in [2.75, 3.05) is 39.6 Å². The van der Waals surface area contributed by atoms with Gasteiger partial charge < -0.3 is 40.1 Å². The summed E-state index contributed by atoms with van der Waals surface area (Å²) in [5.41, 5.74) is 0. The van der Waals surface area contributed by atoms with Crippen LogP contribution in [0.3, 0.4) is 0 Å². The van der Waals surface area contributed by atoms with Crippen molar-refractivity contribution >= 4 is 23.9 Å². The summed E-state index contributed by atoms with van der Waals surface area (Å²) in [5, 5.41) is 49.8. The van der Waals surface area contributed by atoms with E-state index in [-0.39, 0.29) is 13.2 Å². The van der Waals surface area contributed by atoms with Crippen molar-refractivity contribution in [2.24, 2.45) is 0 Å². The van der Waals surface area contributed by atoms with Crippen LogP contribution in [0.15, 0.2) is 0 Å². The molecule has 0 fully saturated rings. The minimum absolute atomic E-state index is 0.0417. The van der Waals surface area contributed by atoms with Crippen LogP contribution in [0, 0.1) is 0 Å². The number of unbranched alkanes of at least 4 members (excludes halogenated alkanes) is 20. The fraction of sp³-hybridized carbons (Fsp3) is 0.905. The molecule has 0 rings (SSSR count). The van der Waals surface area contributed by atoms with Gasteiger partial charge in [0.15, 0.2) is 0 Å². The molecular weight excluding hydrogens is 696 g/mol. The van der Waals surface area contributed by atoms with Crippen molar-refractivity contribution in [2.45, 2.75) is 207 Å². The van der Waals surface area contributed by atoms with Crippen molar-refractivity contribution in [1.29, 1.82) is 0 Å². The molecule has 0 aromatic carbocycles. The van der Waals surface area contributed by atoms with Crippen LogP contribution in [0.5, 0.6) is 0 Å². The van der Waals surface area contributed by atoms with Gasteiger partial charge in [-0.1, -0.05) is 156 Å². The average Bonchev–Trinajstić information content (AvgIpc) is 3.13. The van der Waals surface area contributed by atoms with Crippen LogP contribution in [0.2, 0.25) is 0 Å². The fourth-order valence-corrected chi connectivity index (χ4v) is 4.68. The van der Waals surface area contributed by atoms with Gasteiger partial charge in [-0.25, -0.2) is 0 Å². The van der Waals surface area contributed by atoms with Crippen LogP contribution in [-0.2, 0) is 28.7 Å². The minimum Gasteiger partial charge on any atom is -0.481 e. The van der Waals surface area contributed by atoms with Crippen LogP contribution >= 0.6 is 0 Å². The third kappa shape index (κ3) is 87.5. The van der Waals surface area contributed by atoms with Crippen LogP contribution in [-0.4, -0.2) is 94.2 Å². The Morgan fingerprint density at radius 3 is 0.667 bits per heavy atom. The molecule has 12 nitrogen and oxygen atoms in total. The maximum absolute atomic E-state index is 10.1. The van der Waals surface area contributed by atoms with Gasteiger partial charge in [-0.2, -0.15) is 0 Å². The molecule has 54 heavy (non-hydrogen) atoms. The van der Waals surface area contributed by atoms with E-state index in [0.717, 1.165) is 51.4 Å². The molecule has 0 amide bonds. The Kier molecular flexibility index (Phi) is 67.7. The Labute approximate surface area is 329 Å². The molecular formula is C42H86O12.